The predicted molar refractivity (Wildman–Crippen MR) is 112 cm³/mol. The summed E-state index contributed by atoms with van der Waals surface area (Å²) in [5.41, 5.74) is 2.36. The molecule has 1 heterocycles. The summed E-state index contributed by atoms with van der Waals surface area (Å²) in [7, 11) is 1.73. The molecule has 138 valence electrons. The largest absolute Gasteiger partial charge is 0.496 e. The van der Waals surface area contributed by atoms with Gasteiger partial charge in [-0.3, -0.25) is 0 Å². The molecule has 1 aliphatic rings. The monoisotopic (exact) mass is 408 g/mol. The molecule has 0 unspecified atom stereocenters. The smallest absolute Gasteiger partial charge is 0.169 e. The molecule has 0 atom stereocenters. The van der Waals surface area contributed by atoms with Gasteiger partial charge in [-0.25, -0.2) is 0 Å². The summed E-state index contributed by atoms with van der Waals surface area (Å²) in [6.45, 7) is 2.52. The number of nitrogens with zero attached hydrogens (tertiary/aromatic N) is 1. The van der Waals surface area contributed by atoms with Gasteiger partial charge < -0.3 is 15.0 Å². The van der Waals surface area contributed by atoms with Crippen molar-refractivity contribution in [1.82, 2.24) is 10.2 Å². The van der Waals surface area contributed by atoms with Crippen LogP contribution < -0.4 is 10.1 Å². The summed E-state index contributed by atoms with van der Waals surface area (Å²) < 4.78 is 5.51. The summed E-state index contributed by atoms with van der Waals surface area (Å²) in [6, 6.07) is 13.9. The van der Waals surface area contributed by atoms with Crippen molar-refractivity contribution in [1.29, 1.82) is 0 Å². The van der Waals surface area contributed by atoms with E-state index in [1.165, 1.54) is 5.56 Å². The first-order valence-electron chi connectivity index (χ1n) is 8.68. The van der Waals surface area contributed by atoms with E-state index in [0.29, 0.717) is 22.5 Å². The number of rotatable bonds is 4. The number of benzene rings is 2. The fourth-order valence-corrected chi connectivity index (χ4v) is 3.91. The minimum atomic E-state index is 0.514. The van der Waals surface area contributed by atoms with Crippen LogP contribution in [-0.4, -0.2) is 30.2 Å². The molecular weight excluding hydrogens is 387 g/mol. The molecule has 0 amide bonds. The standard InChI is InChI=1S/C20H22Cl2N2OS/c1-25-19-5-3-2-4-16(19)15-8-10-24(11-9-15)20(26)23-13-14-6-7-17(21)18(22)12-14/h2-7,12,15H,8-11,13H2,1H3,(H,23,26). The zero-order valence-electron chi connectivity index (χ0n) is 14.7. The third-order valence-electron chi connectivity index (χ3n) is 4.79. The van der Waals surface area contributed by atoms with Crippen LogP contribution in [0.25, 0.3) is 0 Å². The van der Waals surface area contributed by atoms with Crippen molar-refractivity contribution < 1.29 is 4.74 Å². The highest BCUT2D eigenvalue weighted by molar-refractivity contribution is 7.80. The van der Waals surface area contributed by atoms with Crippen molar-refractivity contribution in [3.63, 3.8) is 0 Å². The molecule has 0 aliphatic carbocycles. The fourth-order valence-electron chi connectivity index (χ4n) is 3.34. The van der Waals surface area contributed by atoms with Crippen molar-refractivity contribution in [3.05, 3.63) is 63.6 Å². The summed E-state index contributed by atoms with van der Waals surface area (Å²) >= 11 is 17.6. The summed E-state index contributed by atoms with van der Waals surface area (Å²) in [5, 5.41) is 5.24. The van der Waals surface area contributed by atoms with Crippen molar-refractivity contribution in [3.8, 4) is 5.75 Å². The SMILES string of the molecule is COc1ccccc1C1CCN(C(=S)NCc2ccc(Cl)c(Cl)c2)CC1. The maximum Gasteiger partial charge on any atom is 0.169 e. The molecule has 3 rings (SSSR count). The van der Waals surface area contributed by atoms with E-state index < -0.39 is 0 Å². The second kappa shape index (κ2) is 8.94. The summed E-state index contributed by atoms with van der Waals surface area (Å²) in [5.74, 6) is 1.49. The average Bonchev–Trinajstić information content (AvgIpc) is 2.68. The van der Waals surface area contributed by atoms with Crippen LogP contribution in [0.3, 0.4) is 0 Å². The van der Waals surface area contributed by atoms with Gasteiger partial charge in [0.2, 0.25) is 0 Å². The van der Waals surface area contributed by atoms with Crippen LogP contribution in [0, 0.1) is 0 Å². The van der Waals surface area contributed by atoms with Crippen LogP contribution >= 0.6 is 35.4 Å². The second-order valence-corrected chi connectivity index (χ2v) is 7.61. The van der Waals surface area contributed by atoms with Crippen LogP contribution in [0.1, 0.15) is 29.9 Å². The van der Waals surface area contributed by atoms with E-state index in [9.17, 15) is 0 Å². The first-order valence-corrected chi connectivity index (χ1v) is 9.84. The van der Waals surface area contributed by atoms with E-state index in [2.05, 4.69) is 22.3 Å². The van der Waals surface area contributed by atoms with Crippen LogP contribution in [0.5, 0.6) is 5.75 Å². The molecule has 1 saturated heterocycles. The number of halogens is 2. The van der Waals surface area contributed by atoms with E-state index in [1.54, 1.807) is 7.11 Å². The molecule has 1 N–H and O–H groups in total. The van der Waals surface area contributed by atoms with Crippen LogP contribution in [-0.2, 0) is 6.54 Å². The molecule has 0 bridgehead atoms. The molecule has 2 aromatic rings. The van der Waals surface area contributed by atoms with Crippen molar-refractivity contribution in [2.24, 2.45) is 0 Å². The maximum absolute atomic E-state index is 6.06. The summed E-state index contributed by atoms with van der Waals surface area (Å²) in [4.78, 5) is 2.23. The number of para-hydroxylation sites is 1. The third kappa shape index (κ3) is 4.61. The molecular formula is C20H22Cl2N2OS. The first kappa shape index (κ1) is 19.3. The lowest BCUT2D eigenvalue weighted by Gasteiger charge is -2.34. The zero-order valence-corrected chi connectivity index (χ0v) is 17.0. The average molecular weight is 409 g/mol. The van der Waals surface area contributed by atoms with Crippen LogP contribution in [0.15, 0.2) is 42.5 Å². The lowest BCUT2D eigenvalue weighted by Crippen LogP contribution is -2.43. The maximum atomic E-state index is 6.06. The topological polar surface area (TPSA) is 24.5 Å². The number of piperidine rings is 1. The van der Waals surface area contributed by atoms with Gasteiger partial charge in [0.25, 0.3) is 0 Å². The van der Waals surface area contributed by atoms with Gasteiger partial charge in [0.1, 0.15) is 5.75 Å². The first-order chi connectivity index (χ1) is 12.6. The predicted octanol–water partition coefficient (Wildman–Crippen LogP) is 5.26. The third-order valence-corrected chi connectivity index (χ3v) is 5.93. The van der Waals surface area contributed by atoms with Gasteiger partial charge in [-0.2, -0.15) is 0 Å². The van der Waals surface area contributed by atoms with Crippen LogP contribution in [0.4, 0.5) is 0 Å². The molecule has 1 aliphatic heterocycles. The quantitative estimate of drug-likeness (QED) is 0.697. The lowest BCUT2D eigenvalue weighted by atomic mass is 9.89. The minimum absolute atomic E-state index is 0.514. The Morgan fingerprint density at radius 1 is 1.15 bits per heavy atom. The van der Waals surface area contributed by atoms with Crippen molar-refractivity contribution in [2.45, 2.75) is 25.3 Å². The molecule has 0 spiro atoms. The molecule has 0 radical (unpaired) electrons. The molecule has 6 heteroatoms. The molecule has 3 nitrogen and oxygen atoms in total. The van der Waals surface area contributed by atoms with Gasteiger partial charge in [-0.1, -0.05) is 47.5 Å². The molecule has 26 heavy (non-hydrogen) atoms. The Kier molecular flexibility index (Phi) is 6.63. The van der Waals surface area contributed by atoms with Gasteiger partial charge in [0, 0.05) is 19.6 Å². The van der Waals surface area contributed by atoms with Gasteiger partial charge in [-0.15, -0.1) is 0 Å². The molecule has 1 fully saturated rings. The molecule has 0 saturated carbocycles. The highest BCUT2D eigenvalue weighted by atomic mass is 35.5. The Labute approximate surface area is 170 Å². The number of likely N-dealkylation sites (tertiary alicyclic amines) is 1. The Bertz CT molecular complexity index is 776. The van der Waals surface area contributed by atoms with Gasteiger partial charge in [0.15, 0.2) is 5.11 Å². The Morgan fingerprint density at radius 3 is 2.58 bits per heavy atom. The van der Waals surface area contributed by atoms with Gasteiger partial charge in [0.05, 0.1) is 17.2 Å². The minimum Gasteiger partial charge on any atom is -0.496 e. The van der Waals surface area contributed by atoms with Crippen LogP contribution in [0.2, 0.25) is 10.0 Å². The van der Waals surface area contributed by atoms with E-state index in [1.807, 2.05) is 30.3 Å². The Morgan fingerprint density at radius 2 is 1.88 bits per heavy atom. The summed E-state index contributed by atoms with van der Waals surface area (Å²) in [6.07, 6.45) is 2.13. The number of ether oxygens (including phenoxy) is 1. The number of hydrogen-bond donors (Lipinski definition) is 1. The highest BCUT2D eigenvalue weighted by Gasteiger charge is 2.24. The number of thiocarbonyl (C=S) groups is 1. The van der Waals surface area contributed by atoms with Gasteiger partial charge >= 0.3 is 0 Å². The Balaban J connectivity index is 1.52. The lowest BCUT2D eigenvalue weighted by molar-refractivity contribution is 0.303. The number of methoxy groups -OCH3 is 1. The van der Waals surface area contributed by atoms with E-state index >= 15 is 0 Å². The number of nitrogens with one attached hydrogen (secondary N) is 1. The van der Waals surface area contributed by atoms with Crippen molar-refractivity contribution in [2.75, 3.05) is 20.2 Å². The van der Waals surface area contributed by atoms with E-state index in [4.69, 9.17) is 40.2 Å². The normalized spacial score (nSPS) is 15.0. The number of hydrogen-bond acceptors (Lipinski definition) is 2. The van der Waals surface area contributed by atoms with E-state index in [0.717, 1.165) is 42.4 Å². The van der Waals surface area contributed by atoms with Crippen molar-refractivity contribution >= 4 is 40.5 Å². The highest BCUT2D eigenvalue weighted by Crippen LogP contribution is 2.34. The molecule has 0 aromatic heterocycles. The van der Waals surface area contributed by atoms with E-state index in [-0.39, 0.29) is 0 Å². The second-order valence-electron chi connectivity index (χ2n) is 6.41. The van der Waals surface area contributed by atoms with Gasteiger partial charge in [-0.05, 0) is 60.3 Å². The fraction of sp³-hybridized carbons (Fsp3) is 0.350. The Hall–Kier alpha value is -1.49. The molecule has 2 aromatic carbocycles. The zero-order chi connectivity index (χ0) is 18.5.